The van der Waals surface area contributed by atoms with Gasteiger partial charge in [-0.25, -0.2) is 13.1 Å². The van der Waals surface area contributed by atoms with Crippen LogP contribution >= 0.6 is 11.8 Å². The molecule has 0 radical (unpaired) electrons. The van der Waals surface area contributed by atoms with E-state index < -0.39 is 10.0 Å². The van der Waals surface area contributed by atoms with Crippen molar-refractivity contribution in [3.8, 4) is 0 Å². The maximum Gasteiger partial charge on any atom is 0.212 e. The number of thioether (sulfide) groups is 1. The van der Waals surface area contributed by atoms with E-state index >= 15 is 0 Å². The lowest BCUT2D eigenvalue weighted by molar-refractivity contribution is 0.566. The molecule has 6 heteroatoms. The van der Waals surface area contributed by atoms with E-state index in [1.165, 1.54) is 12.8 Å². The van der Waals surface area contributed by atoms with Gasteiger partial charge in [0.2, 0.25) is 10.0 Å². The zero-order valence-corrected chi connectivity index (χ0v) is 11.9. The second-order valence-corrected chi connectivity index (χ2v) is 8.27. The highest BCUT2D eigenvalue weighted by Crippen LogP contribution is 2.20. The fraction of sp³-hybridized carbons (Fsp3) is 1.00. The van der Waals surface area contributed by atoms with Crippen LogP contribution in [0.2, 0.25) is 0 Å². The fourth-order valence-electron chi connectivity index (χ4n) is 1.11. The Hall–Kier alpha value is 0.220. The third-order valence-corrected chi connectivity index (χ3v) is 5.23. The number of sulfonamides is 1. The predicted octanol–water partition coefficient (Wildman–Crippen LogP) is 0.799. The van der Waals surface area contributed by atoms with Crippen LogP contribution in [0.1, 0.15) is 26.7 Å². The molecule has 4 nitrogen and oxygen atoms in total. The zero-order valence-electron chi connectivity index (χ0n) is 10.2. The molecule has 0 aromatic carbocycles. The van der Waals surface area contributed by atoms with Gasteiger partial charge < -0.3 is 5.32 Å². The van der Waals surface area contributed by atoms with Gasteiger partial charge in [0.1, 0.15) is 0 Å². The first-order chi connectivity index (χ1) is 7.35. The van der Waals surface area contributed by atoms with Crippen molar-refractivity contribution < 1.29 is 8.42 Å². The summed E-state index contributed by atoms with van der Waals surface area (Å²) in [5.41, 5.74) is 0. The largest absolute Gasteiger partial charge is 0.313 e. The Kier molecular flexibility index (Phi) is 5.10. The summed E-state index contributed by atoms with van der Waals surface area (Å²) < 4.78 is 25.9. The van der Waals surface area contributed by atoms with Crippen LogP contribution < -0.4 is 10.0 Å². The molecule has 96 valence electrons. The molecular formula is C10H22N2O2S2. The van der Waals surface area contributed by atoms with Crippen LogP contribution in [0, 0.1) is 0 Å². The van der Waals surface area contributed by atoms with E-state index in [0.717, 1.165) is 0 Å². The molecule has 0 amide bonds. The lowest BCUT2D eigenvalue weighted by Gasteiger charge is -2.22. The van der Waals surface area contributed by atoms with Gasteiger partial charge in [0.25, 0.3) is 0 Å². The van der Waals surface area contributed by atoms with Crippen molar-refractivity contribution >= 4 is 21.8 Å². The van der Waals surface area contributed by atoms with Crippen molar-refractivity contribution in [1.29, 1.82) is 0 Å². The summed E-state index contributed by atoms with van der Waals surface area (Å²) >= 11 is 1.66. The maximum absolute atomic E-state index is 11.6. The topological polar surface area (TPSA) is 58.2 Å². The van der Waals surface area contributed by atoms with Gasteiger partial charge in [-0.05, 0) is 32.9 Å². The van der Waals surface area contributed by atoms with Gasteiger partial charge in [0.05, 0.1) is 5.75 Å². The molecule has 0 saturated heterocycles. The van der Waals surface area contributed by atoms with E-state index in [9.17, 15) is 8.42 Å². The van der Waals surface area contributed by atoms with Crippen molar-refractivity contribution in [2.75, 3.05) is 25.1 Å². The molecule has 0 aromatic heterocycles. The Morgan fingerprint density at radius 3 is 2.50 bits per heavy atom. The lowest BCUT2D eigenvalue weighted by atomic mass is 10.2. The molecule has 0 atom stereocenters. The van der Waals surface area contributed by atoms with E-state index in [1.54, 1.807) is 11.8 Å². The summed E-state index contributed by atoms with van der Waals surface area (Å²) in [6.07, 6.45) is 4.36. The summed E-state index contributed by atoms with van der Waals surface area (Å²) in [5.74, 6) is 0.175. The Morgan fingerprint density at radius 1 is 1.38 bits per heavy atom. The molecule has 1 aliphatic rings. The highest BCUT2D eigenvalue weighted by Gasteiger charge is 2.22. The monoisotopic (exact) mass is 266 g/mol. The minimum atomic E-state index is -3.12. The van der Waals surface area contributed by atoms with Crippen LogP contribution in [0.4, 0.5) is 0 Å². The lowest BCUT2D eigenvalue weighted by Crippen LogP contribution is -2.39. The van der Waals surface area contributed by atoms with E-state index in [4.69, 9.17) is 0 Å². The molecule has 0 bridgehead atoms. The number of hydrogen-bond acceptors (Lipinski definition) is 4. The van der Waals surface area contributed by atoms with Gasteiger partial charge in [0.15, 0.2) is 0 Å². The summed E-state index contributed by atoms with van der Waals surface area (Å²) in [6, 6.07) is 0.567. The fourth-order valence-corrected chi connectivity index (χ4v) is 2.53. The Balaban J connectivity index is 2.21. The summed E-state index contributed by atoms with van der Waals surface area (Å²) in [5, 5.41) is 3.20. The van der Waals surface area contributed by atoms with Gasteiger partial charge in [-0.2, -0.15) is 11.8 Å². The minimum Gasteiger partial charge on any atom is -0.313 e. The second-order valence-electron chi connectivity index (χ2n) is 4.83. The van der Waals surface area contributed by atoms with E-state index in [0.29, 0.717) is 19.1 Å². The van der Waals surface area contributed by atoms with Crippen LogP contribution in [-0.2, 0) is 10.0 Å². The smallest absolute Gasteiger partial charge is 0.212 e. The van der Waals surface area contributed by atoms with Crippen LogP contribution in [0.15, 0.2) is 0 Å². The molecule has 0 heterocycles. The molecule has 16 heavy (non-hydrogen) atoms. The average molecular weight is 266 g/mol. The quantitative estimate of drug-likeness (QED) is 0.682. The van der Waals surface area contributed by atoms with Crippen molar-refractivity contribution in [2.24, 2.45) is 0 Å². The van der Waals surface area contributed by atoms with Crippen LogP contribution in [-0.4, -0.2) is 44.3 Å². The maximum atomic E-state index is 11.6. The van der Waals surface area contributed by atoms with Crippen molar-refractivity contribution in [3.63, 3.8) is 0 Å². The van der Waals surface area contributed by atoms with Gasteiger partial charge in [0, 0.05) is 23.9 Å². The van der Waals surface area contributed by atoms with Gasteiger partial charge in [-0.15, -0.1) is 0 Å². The van der Waals surface area contributed by atoms with Crippen LogP contribution in [0.5, 0.6) is 0 Å². The Bertz CT molecular complexity index is 311. The molecule has 1 fully saturated rings. The predicted molar refractivity (Wildman–Crippen MR) is 70.4 cm³/mol. The second kappa shape index (κ2) is 5.71. The van der Waals surface area contributed by atoms with E-state index in [-0.39, 0.29) is 10.5 Å². The summed E-state index contributed by atoms with van der Waals surface area (Å²) in [6.45, 7) is 5.10. The van der Waals surface area contributed by atoms with Gasteiger partial charge >= 0.3 is 0 Å². The first-order valence-corrected chi connectivity index (χ1v) is 8.48. The molecule has 2 N–H and O–H groups in total. The standard InChI is InChI=1S/C10H22N2O2S2/c1-10(2,15-3)8-12-16(13,14)7-6-11-9-4-5-9/h9,11-12H,4-8H2,1-3H3. The normalized spacial score (nSPS) is 17.7. The Morgan fingerprint density at radius 2 is 2.00 bits per heavy atom. The average Bonchev–Trinajstić information content (AvgIpc) is 2.99. The van der Waals surface area contributed by atoms with E-state index in [2.05, 4.69) is 10.0 Å². The number of nitrogens with one attached hydrogen (secondary N) is 2. The number of rotatable bonds is 8. The van der Waals surface area contributed by atoms with Crippen LogP contribution in [0.3, 0.4) is 0 Å². The summed E-state index contributed by atoms with van der Waals surface area (Å²) in [4.78, 5) is 0. The first kappa shape index (κ1) is 14.3. The molecule has 0 unspecified atom stereocenters. The number of hydrogen-bond donors (Lipinski definition) is 2. The first-order valence-electron chi connectivity index (χ1n) is 5.60. The van der Waals surface area contributed by atoms with Gasteiger partial charge in [-0.1, -0.05) is 0 Å². The molecule has 0 aliphatic heterocycles. The third-order valence-electron chi connectivity index (χ3n) is 2.65. The minimum absolute atomic E-state index is 0.0447. The SMILES string of the molecule is CSC(C)(C)CNS(=O)(=O)CCNC1CC1. The zero-order chi connectivity index (χ0) is 12.2. The molecular weight excluding hydrogens is 244 g/mol. The Labute approximate surface area is 103 Å². The van der Waals surface area contributed by atoms with Crippen molar-refractivity contribution in [1.82, 2.24) is 10.0 Å². The molecule has 1 aliphatic carbocycles. The highest BCUT2D eigenvalue weighted by molar-refractivity contribution is 8.00. The third kappa shape index (κ3) is 6.08. The van der Waals surface area contributed by atoms with Crippen molar-refractivity contribution in [2.45, 2.75) is 37.5 Å². The molecule has 0 aromatic rings. The highest BCUT2D eigenvalue weighted by atomic mass is 32.2. The van der Waals surface area contributed by atoms with Gasteiger partial charge in [-0.3, -0.25) is 0 Å². The molecule has 1 rings (SSSR count). The summed E-state index contributed by atoms with van der Waals surface area (Å²) in [7, 11) is -3.12. The van der Waals surface area contributed by atoms with Crippen molar-refractivity contribution in [3.05, 3.63) is 0 Å². The molecule has 0 spiro atoms. The van der Waals surface area contributed by atoms with Crippen LogP contribution in [0.25, 0.3) is 0 Å². The van der Waals surface area contributed by atoms with E-state index in [1.807, 2.05) is 20.1 Å². The molecule has 1 saturated carbocycles.